The van der Waals surface area contributed by atoms with E-state index >= 15 is 0 Å². The highest BCUT2D eigenvalue weighted by atomic mass is 16.6. The third-order valence-corrected chi connectivity index (χ3v) is 4.18. The van der Waals surface area contributed by atoms with Gasteiger partial charge in [0, 0.05) is 26.0 Å². The molecule has 1 aromatic carbocycles. The molecule has 1 saturated carbocycles. The van der Waals surface area contributed by atoms with Gasteiger partial charge in [0.1, 0.15) is 12.2 Å². The molecule has 0 saturated heterocycles. The van der Waals surface area contributed by atoms with Gasteiger partial charge in [-0.15, -0.1) is 0 Å². The second-order valence-electron chi connectivity index (χ2n) is 6.07. The van der Waals surface area contributed by atoms with Gasteiger partial charge in [0.2, 0.25) is 0 Å². The number of aliphatic hydroxyl groups is 2. The average molecular weight is 368 g/mol. The van der Waals surface area contributed by atoms with E-state index in [0.29, 0.717) is 5.56 Å². The lowest BCUT2D eigenvalue weighted by Crippen LogP contribution is -2.57. The fourth-order valence-electron chi connectivity index (χ4n) is 2.83. The summed E-state index contributed by atoms with van der Waals surface area (Å²) in [6.45, 7) is 0. The first-order chi connectivity index (χ1) is 12.2. The van der Waals surface area contributed by atoms with Crippen LogP contribution in [0.4, 0.5) is 0 Å². The van der Waals surface area contributed by atoms with Gasteiger partial charge in [0.25, 0.3) is 0 Å². The van der Waals surface area contributed by atoms with Crippen molar-refractivity contribution >= 4 is 18.0 Å². The highest BCUT2D eigenvalue weighted by Crippen LogP contribution is 2.33. The van der Waals surface area contributed by atoms with Crippen molar-refractivity contribution < 1.29 is 44.6 Å². The average Bonchev–Trinajstić information content (AvgIpc) is 2.55. The Labute approximate surface area is 148 Å². The fraction of sp³-hybridized carbons (Fsp3) is 0.412. The quantitative estimate of drug-likeness (QED) is 0.275. The number of esters is 1. The number of aliphatic carboxylic acids is 1. The summed E-state index contributed by atoms with van der Waals surface area (Å²) in [4.78, 5) is 23.2. The lowest BCUT2D eigenvalue weighted by atomic mass is 9.79. The molecular weight excluding hydrogens is 348 g/mol. The van der Waals surface area contributed by atoms with E-state index in [1.54, 1.807) is 0 Å². The summed E-state index contributed by atoms with van der Waals surface area (Å²) in [5.74, 6) is -3.05. The zero-order valence-corrected chi connectivity index (χ0v) is 13.9. The molecule has 1 fully saturated rings. The number of aromatic hydroxyl groups is 2. The van der Waals surface area contributed by atoms with Gasteiger partial charge in [-0.25, -0.2) is 9.59 Å². The summed E-state index contributed by atoms with van der Waals surface area (Å²) < 4.78 is 10.2. The van der Waals surface area contributed by atoms with Gasteiger partial charge >= 0.3 is 11.9 Å². The van der Waals surface area contributed by atoms with Crippen molar-refractivity contribution in [2.75, 3.05) is 7.11 Å². The molecule has 0 aliphatic heterocycles. The van der Waals surface area contributed by atoms with Crippen molar-refractivity contribution in [1.82, 2.24) is 0 Å². The molecule has 4 atom stereocenters. The molecule has 0 heterocycles. The van der Waals surface area contributed by atoms with E-state index in [1.165, 1.54) is 31.4 Å². The Bertz CT molecular complexity index is 714. The second kappa shape index (κ2) is 7.73. The van der Waals surface area contributed by atoms with E-state index in [9.17, 15) is 30.0 Å². The van der Waals surface area contributed by atoms with Crippen molar-refractivity contribution in [3.63, 3.8) is 0 Å². The van der Waals surface area contributed by atoms with Crippen LogP contribution in [0.1, 0.15) is 18.4 Å². The molecule has 0 spiro atoms. The molecule has 0 aromatic heterocycles. The lowest BCUT2D eigenvalue weighted by molar-refractivity contribution is -0.200. The zero-order valence-electron chi connectivity index (χ0n) is 13.9. The summed E-state index contributed by atoms with van der Waals surface area (Å²) in [6, 6.07) is 3.92. The van der Waals surface area contributed by atoms with Gasteiger partial charge in [-0.3, -0.25) is 0 Å². The van der Waals surface area contributed by atoms with Crippen LogP contribution in [0.15, 0.2) is 24.3 Å². The minimum absolute atomic E-state index is 0.309. The number of aliphatic hydroxyl groups excluding tert-OH is 1. The molecule has 1 aromatic rings. The topological polar surface area (TPSA) is 154 Å². The Balaban J connectivity index is 2.10. The van der Waals surface area contributed by atoms with Crippen LogP contribution in [0.25, 0.3) is 6.08 Å². The lowest BCUT2D eigenvalue weighted by Gasteiger charge is -2.40. The minimum Gasteiger partial charge on any atom is -0.504 e. The van der Waals surface area contributed by atoms with Gasteiger partial charge in [-0.2, -0.15) is 0 Å². The van der Waals surface area contributed by atoms with Gasteiger partial charge in [-0.1, -0.05) is 6.07 Å². The molecule has 26 heavy (non-hydrogen) atoms. The van der Waals surface area contributed by atoms with Crippen molar-refractivity contribution in [2.24, 2.45) is 0 Å². The third kappa shape index (κ3) is 4.31. The third-order valence-electron chi connectivity index (χ3n) is 4.18. The van der Waals surface area contributed by atoms with Crippen LogP contribution in [0.5, 0.6) is 11.5 Å². The number of phenolic OH excluding ortho intramolecular Hbond substituents is 2. The van der Waals surface area contributed by atoms with E-state index < -0.39 is 48.7 Å². The molecule has 9 heteroatoms. The zero-order chi connectivity index (χ0) is 19.5. The standard InChI is InChI=1S/C17H20O9/c1-25-15-12(20)7-17(24,16(22)23)8-13(15)26-14(21)5-3-9-2-4-10(18)11(19)6-9/h2-6,12-13,15,18-20,24H,7-8H2,1H3,(H,22,23)/b5-3+/t12?,13-,15?,17?/m0/s1. The molecule has 2 rings (SSSR count). The largest absolute Gasteiger partial charge is 0.504 e. The number of carbonyl (C=O) groups is 2. The first-order valence-electron chi connectivity index (χ1n) is 7.73. The maximum atomic E-state index is 12.0. The number of rotatable bonds is 5. The summed E-state index contributed by atoms with van der Waals surface area (Å²) in [7, 11) is 1.27. The molecular formula is C17H20O9. The molecule has 142 valence electrons. The second-order valence-corrected chi connectivity index (χ2v) is 6.07. The van der Waals surface area contributed by atoms with E-state index in [-0.39, 0.29) is 11.5 Å². The van der Waals surface area contributed by atoms with Crippen LogP contribution in [0, 0.1) is 0 Å². The van der Waals surface area contributed by atoms with Gasteiger partial charge in [0.05, 0.1) is 6.10 Å². The molecule has 9 nitrogen and oxygen atoms in total. The molecule has 1 aliphatic rings. The highest BCUT2D eigenvalue weighted by molar-refractivity contribution is 5.87. The predicted molar refractivity (Wildman–Crippen MR) is 87.3 cm³/mol. The molecule has 0 bridgehead atoms. The number of carbonyl (C=O) groups excluding carboxylic acids is 1. The number of phenols is 2. The maximum Gasteiger partial charge on any atom is 0.335 e. The van der Waals surface area contributed by atoms with E-state index in [1.807, 2.05) is 0 Å². The molecule has 0 radical (unpaired) electrons. The van der Waals surface area contributed by atoms with E-state index in [4.69, 9.17) is 14.6 Å². The molecule has 0 amide bonds. The maximum absolute atomic E-state index is 12.0. The fourth-order valence-corrected chi connectivity index (χ4v) is 2.83. The van der Waals surface area contributed by atoms with Crippen molar-refractivity contribution in [2.45, 2.75) is 36.8 Å². The van der Waals surface area contributed by atoms with Gasteiger partial charge in [-0.05, 0) is 23.8 Å². The van der Waals surface area contributed by atoms with Crippen molar-refractivity contribution in [3.05, 3.63) is 29.8 Å². The van der Waals surface area contributed by atoms with Crippen LogP contribution in [-0.2, 0) is 19.1 Å². The predicted octanol–water partition coefficient (Wildman–Crippen LogP) is 0.00820. The Morgan fingerprint density at radius 3 is 2.50 bits per heavy atom. The number of methoxy groups -OCH3 is 1. The normalized spacial score (nSPS) is 28.8. The van der Waals surface area contributed by atoms with Crippen LogP contribution >= 0.6 is 0 Å². The summed E-state index contributed by atoms with van der Waals surface area (Å²) >= 11 is 0. The van der Waals surface area contributed by atoms with Crippen molar-refractivity contribution in [1.29, 1.82) is 0 Å². The smallest absolute Gasteiger partial charge is 0.335 e. The molecule has 1 aliphatic carbocycles. The summed E-state index contributed by atoms with van der Waals surface area (Å²) in [5.41, 5.74) is -1.82. The van der Waals surface area contributed by atoms with E-state index in [2.05, 4.69) is 0 Å². The highest BCUT2D eigenvalue weighted by Gasteiger charge is 2.51. The first kappa shape index (κ1) is 19.7. The Kier molecular flexibility index (Phi) is 5.86. The van der Waals surface area contributed by atoms with Gasteiger partial charge in [0.15, 0.2) is 17.1 Å². The van der Waals surface area contributed by atoms with Crippen molar-refractivity contribution in [3.8, 4) is 11.5 Å². The van der Waals surface area contributed by atoms with Crippen LogP contribution in [0.2, 0.25) is 0 Å². The summed E-state index contributed by atoms with van der Waals surface area (Å²) in [5, 5.41) is 47.9. The Morgan fingerprint density at radius 1 is 1.23 bits per heavy atom. The Morgan fingerprint density at radius 2 is 1.92 bits per heavy atom. The Hall–Kier alpha value is -2.62. The number of hydrogen-bond donors (Lipinski definition) is 5. The number of hydrogen-bond acceptors (Lipinski definition) is 8. The van der Waals surface area contributed by atoms with Crippen LogP contribution in [-0.4, -0.2) is 68.5 Å². The van der Waals surface area contributed by atoms with Gasteiger partial charge < -0.3 is 35.0 Å². The number of carboxylic acids is 1. The summed E-state index contributed by atoms with van der Waals surface area (Å²) in [6.07, 6.45) is -2.02. The SMILES string of the molecule is COC1C(O)CC(O)(C(=O)O)C[C@@H]1OC(=O)/C=C/c1ccc(O)c(O)c1. The molecule has 3 unspecified atom stereocenters. The first-order valence-corrected chi connectivity index (χ1v) is 7.73. The molecule has 5 N–H and O–H groups in total. The number of benzene rings is 1. The monoisotopic (exact) mass is 368 g/mol. The van der Waals surface area contributed by atoms with E-state index in [0.717, 1.165) is 6.08 Å². The van der Waals surface area contributed by atoms with Crippen LogP contribution < -0.4 is 0 Å². The number of carboxylic acid groups (broad SMARTS) is 1. The number of ether oxygens (including phenoxy) is 2. The minimum atomic E-state index is -2.23. The van der Waals surface area contributed by atoms with Crippen LogP contribution in [0.3, 0.4) is 0 Å².